The van der Waals surface area contributed by atoms with Crippen LogP contribution < -0.4 is 0 Å². The van der Waals surface area contributed by atoms with E-state index in [0.29, 0.717) is 12.3 Å². The Morgan fingerprint density at radius 2 is 2.18 bits per heavy atom. The molecular weight excluding hydrogens is 142 g/mol. The van der Waals surface area contributed by atoms with Crippen molar-refractivity contribution in [3.05, 3.63) is 0 Å². The third-order valence-electron chi connectivity index (χ3n) is 1.14. The van der Waals surface area contributed by atoms with E-state index in [1.165, 1.54) is 6.92 Å². The molecule has 0 rings (SSSR count). The summed E-state index contributed by atoms with van der Waals surface area (Å²) in [6, 6.07) is 1.92. The van der Waals surface area contributed by atoms with Crippen molar-refractivity contribution in [2.24, 2.45) is 5.92 Å². The molecule has 0 heterocycles. The third-order valence-corrected chi connectivity index (χ3v) is 1.14. The quantitative estimate of drug-likeness (QED) is 0.580. The monoisotopic (exact) mass is 155 g/mol. The van der Waals surface area contributed by atoms with E-state index in [0.717, 1.165) is 0 Å². The first kappa shape index (κ1) is 9.96. The Labute approximate surface area is 67.0 Å². The van der Waals surface area contributed by atoms with Crippen LogP contribution in [0.25, 0.3) is 0 Å². The molecule has 0 saturated heterocycles. The highest BCUT2D eigenvalue weighted by molar-refractivity contribution is 5.66. The molecule has 0 aliphatic carbocycles. The Morgan fingerprint density at radius 3 is 2.45 bits per heavy atom. The maximum atomic E-state index is 10.4. The van der Waals surface area contributed by atoms with Gasteiger partial charge in [-0.15, -0.1) is 0 Å². The van der Waals surface area contributed by atoms with Crippen LogP contribution in [0.15, 0.2) is 0 Å². The summed E-state index contributed by atoms with van der Waals surface area (Å²) in [6.07, 6.45) is 0.0308. The van der Waals surface area contributed by atoms with Gasteiger partial charge in [-0.3, -0.25) is 4.79 Å². The van der Waals surface area contributed by atoms with Gasteiger partial charge in [-0.25, -0.2) is 0 Å². The van der Waals surface area contributed by atoms with Crippen molar-refractivity contribution in [3.63, 3.8) is 0 Å². The highest BCUT2D eigenvalue weighted by Gasteiger charge is 2.11. The zero-order valence-corrected chi connectivity index (χ0v) is 7.13. The SMILES string of the molecule is CC(=O)OC(C#N)CC(C)C. The van der Waals surface area contributed by atoms with Crippen LogP contribution in [0.3, 0.4) is 0 Å². The number of nitriles is 1. The fraction of sp³-hybridized carbons (Fsp3) is 0.750. The van der Waals surface area contributed by atoms with Crippen LogP contribution in [0, 0.1) is 17.2 Å². The highest BCUT2D eigenvalue weighted by Crippen LogP contribution is 2.07. The molecule has 0 aromatic heterocycles. The minimum Gasteiger partial charge on any atom is -0.447 e. The zero-order chi connectivity index (χ0) is 8.85. The predicted octanol–water partition coefficient (Wildman–Crippen LogP) is 1.49. The van der Waals surface area contributed by atoms with Gasteiger partial charge in [0.05, 0.1) is 0 Å². The molecule has 0 aliphatic rings. The molecule has 0 spiro atoms. The fourth-order valence-electron chi connectivity index (χ4n) is 0.756. The first-order chi connectivity index (χ1) is 5.06. The Bertz CT molecular complexity index is 169. The second kappa shape index (κ2) is 4.73. The Hall–Kier alpha value is -1.04. The summed E-state index contributed by atoms with van der Waals surface area (Å²) in [6.45, 7) is 5.27. The first-order valence-electron chi connectivity index (χ1n) is 3.63. The Kier molecular flexibility index (Phi) is 4.28. The average Bonchev–Trinajstić information content (AvgIpc) is 1.84. The maximum absolute atomic E-state index is 10.4. The summed E-state index contributed by atoms with van der Waals surface area (Å²) in [7, 11) is 0. The van der Waals surface area contributed by atoms with Crippen molar-refractivity contribution >= 4 is 5.97 Å². The molecule has 0 saturated carbocycles. The van der Waals surface area contributed by atoms with Crippen LogP contribution >= 0.6 is 0 Å². The lowest BCUT2D eigenvalue weighted by atomic mass is 10.1. The van der Waals surface area contributed by atoms with E-state index in [1.54, 1.807) is 0 Å². The van der Waals surface area contributed by atoms with Crippen molar-refractivity contribution in [1.29, 1.82) is 5.26 Å². The van der Waals surface area contributed by atoms with Gasteiger partial charge in [0.1, 0.15) is 6.07 Å². The van der Waals surface area contributed by atoms with E-state index in [9.17, 15) is 4.79 Å². The van der Waals surface area contributed by atoms with E-state index in [2.05, 4.69) is 0 Å². The summed E-state index contributed by atoms with van der Waals surface area (Å²) in [5.74, 6) is -0.0174. The lowest BCUT2D eigenvalue weighted by Gasteiger charge is -2.10. The Morgan fingerprint density at radius 1 is 1.64 bits per heavy atom. The van der Waals surface area contributed by atoms with E-state index in [-0.39, 0.29) is 0 Å². The van der Waals surface area contributed by atoms with Gasteiger partial charge >= 0.3 is 5.97 Å². The molecule has 0 bridgehead atoms. The molecule has 3 nitrogen and oxygen atoms in total. The van der Waals surface area contributed by atoms with Crippen LogP contribution in [-0.2, 0) is 9.53 Å². The molecule has 1 atom stereocenters. The van der Waals surface area contributed by atoms with Gasteiger partial charge in [0.2, 0.25) is 0 Å². The number of esters is 1. The summed E-state index contributed by atoms with van der Waals surface area (Å²) < 4.78 is 4.71. The Balaban J connectivity index is 3.79. The fourth-order valence-corrected chi connectivity index (χ4v) is 0.756. The molecule has 3 heteroatoms. The molecule has 11 heavy (non-hydrogen) atoms. The van der Waals surface area contributed by atoms with Crippen LogP contribution in [0.5, 0.6) is 0 Å². The molecular formula is C8H13NO2. The molecule has 0 radical (unpaired) electrons. The van der Waals surface area contributed by atoms with Crippen molar-refractivity contribution < 1.29 is 9.53 Å². The van der Waals surface area contributed by atoms with E-state index in [1.807, 2.05) is 19.9 Å². The number of hydrogen-bond acceptors (Lipinski definition) is 3. The zero-order valence-electron chi connectivity index (χ0n) is 7.13. The summed E-state index contributed by atoms with van der Waals surface area (Å²) >= 11 is 0. The second-order valence-corrected chi connectivity index (χ2v) is 2.86. The summed E-state index contributed by atoms with van der Waals surface area (Å²) in [5, 5.41) is 8.50. The van der Waals surface area contributed by atoms with E-state index < -0.39 is 12.1 Å². The van der Waals surface area contributed by atoms with Gasteiger partial charge in [-0.1, -0.05) is 13.8 Å². The van der Waals surface area contributed by atoms with E-state index in [4.69, 9.17) is 10.00 Å². The molecule has 62 valence electrons. The van der Waals surface area contributed by atoms with Gasteiger partial charge in [-0.2, -0.15) is 5.26 Å². The van der Waals surface area contributed by atoms with Crippen LogP contribution in [0.4, 0.5) is 0 Å². The standard InChI is InChI=1S/C8H13NO2/c1-6(2)4-8(5-9)11-7(3)10/h6,8H,4H2,1-3H3. The van der Waals surface area contributed by atoms with Gasteiger partial charge in [0.15, 0.2) is 6.10 Å². The molecule has 0 aromatic carbocycles. The lowest BCUT2D eigenvalue weighted by molar-refractivity contribution is -0.144. The number of hydrogen-bond donors (Lipinski definition) is 0. The van der Waals surface area contributed by atoms with Gasteiger partial charge in [-0.05, 0) is 5.92 Å². The number of nitrogens with zero attached hydrogens (tertiary/aromatic N) is 1. The predicted molar refractivity (Wildman–Crippen MR) is 40.6 cm³/mol. The number of ether oxygens (including phenoxy) is 1. The van der Waals surface area contributed by atoms with Crippen LogP contribution in [-0.4, -0.2) is 12.1 Å². The molecule has 0 N–H and O–H groups in total. The molecule has 0 amide bonds. The topological polar surface area (TPSA) is 50.1 Å². The molecule has 0 aromatic rings. The van der Waals surface area contributed by atoms with Crippen molar-refractivity contribution in [1.82, 2.24) is 0 Å². The highest BCUT2D eigenvalue weighted by atomic mass is 16.5. The molecule has 0 aliphatic heterocycles. The average molecular weight is 155 g/mol. The van der Waals surface area contributed by atoms with Crippen molar-refractivity contribution in [2.45, 2.75) is 33.3 Å². The normalized spacial score (nSPS) is 12.3. The van der Waals surface area contributed by atoms with Crippen LogP contribution in [0.2, 0.25) is 0 Å². The smallest absolute Gasteiger partial charge is 0.303 e. The van der Waals surface area contributed by atoms with Crippen molar-refractivity contribution in [3.8, 4) is 6.07 Å². The van der Waals surface area contributed by atoms with Gasteiger partial charge in [0, 0.05) is 13.3 Å². The van der Waals surface area contributed by atoms with Gasteiger partial charge < -0.3 is 4.74 Å². The van der Waals surface area contributed by atoms with Gasteiger partial charge in [0.25, 0.3) is 0 Å². The number of carbonyl (C=O) groups excluding carboxylic acids is 1. The van der Waals surface area contributed by atoms with Crippen molar-refractivity contribution in [2.75, 3.05) is 0 Å². The lowest BCUT2D eigenvalue weighted by Crippen LogP contribution is -2.16. The minimum absolute atomic E-state index is 0.374. The third kappa shape index (κ3) is 5.41. The van der Waals surface area contributed by atoms with Crippen LogP contribution in [0.1, 0.15) is 27.2 Å². The van der Waals surface area contributed by atoms with E-state index >= 15 is 0 Å². The number of rotatable bonds is 3. The number of carbonyl (C=O) groups is 1. The second-order valence-electron chi connectivity index (χ2n) is 2.86. The molecule has 1 unspecified atom stereocenters. The largest absolute Gasteiger partial charge is 0.447 e. The molecule has 0 fully saturated rings. The summed E-state index contributed by atoms with van der Waals surface area (Å²) in [4.78, 5) is 10.4. The summed E-state index contributed by atoms with van der Waals surface area (Å²) in [5.41, 5.74) is 0. The first-order valence-corrected chi connectivity index (χ1v) is 3.63. The minimum atomic E-state index is -0.576. The maximum Gasteiger partial charge on any atom is 0.303 e.